The van der Waals surface area contributed by atoms with Crippen molar-refractivity contribution in [1.29, 1.82) is 0 Å². The van der Waals surface area contributed by atoms with Crippen LogP contribution in [0.5, 0.6) is 5.75 Å². The van der Waals surface area contributed by atoms with Crippen molar-refractivity contribution in [1.82, 2.24) is 14.8 Å². The van der Waals surface area contributed by atoms with Crippen molar-refractivity contribution in [3.8, 4) is 16.9 Å². The molecule has 0 saturated heterocycles. The first-order valence-electron chi connectivity index (χ1n) is 12.4. The van der Waals surface area contributed by atoms with E-state index in [-0.39, 0.29) is 24.4 Å². The molecule has 4 aromatic rings. The van der Waals surface area contributed by atoms with Gasteiger partial charge in [-0.05, 0) is 38.5 Å². The lowest BCUT2D eigenvalue weighted by atomic mass is 10.0. The monoisotopic (exact) mass is 562 g/mol. The normalized spacial score (nSPS) is 11.6. The lowest BCUT2D eigenvalue weighted by molar-refractivity contribution is -0.113. The van der Waals surface area contributed by atoms with Gasteiger partial charge in [0.2, 0.25) is 5.91 Å². The number of rotatable bonds is 12. The zero-order valence-corrected chi connectivity index (χ0v) is 23.7. The standard InChI is InChI=1S/C29H30N4O4S2/c1-5-16-33-26(20(4)37-22-14-12-19(3)13-15-22)31-32-29(33)39-18-24(34)30-27-25(28(35)36-6-2)23(17-38-27)21-10-8-7-9-11-21/h5,7-15,17,20H,1,6,16,18H2,2-4H3,(H,30,34). The first-order chi connectivity index (χ1) is 18.9. The maximum Gasteiger partial charge on any atom is 0.341 e. The van der Waals surface area contributed by atoms with Crippen molar-refractivity contribution in [3.63, 3.8) is 0 Å². The molecule has 0 radical (unpaired) electrons. The molecule has 39 heavy (non-hydrogen) atoms. The molecule has 1 atom stereocenters. The minimum atomic E-state index is -0.474. The fraction of sp³-hybridized carbons (Fsp3) is 0.241. The number of hydrogen-bond acceptors (Lipinski definition) is 8. The van der Waals surface area contributed by atoms with Crippen molar-refractivity contribution in [3.05, 3.63) is 89.6 Å². The maximum atomic E-state index is 13.0. The number of hydrogen-bond donors (Lipinski definition) is 1. The summed E-state index contributed by atoms with van der Waals surface area (Å²) in [4.78, 5) is 25.8. The average molecular weight is 563 g/mol. The van der Waals surface area contributed by atoms with Crippen LogP contribution in [-0.4, -0.2) is 39.0 Å². The molecule has 10 heteroatoms. The van der Waals surface area contributed by atoms with E-state index in [0.717, 1.165) is 22.4 Å². The Morgan fingerprint density at radius 2 is 1.90 bits per heavy atom. The van der Waals surface area contributed by atoms with Gasteiger partial charge >= 0.3 is 5.97 Å². The van der Waals surface area contributed by atoms with Crippen LogP contribution in [0.25, 0.3) is 11.1 Å². The van der Waals surface area contributed by atoms with E-state index in [0.29, 0.717) is 28.1 Å². The molecule has 0 aliphatic heterocycles. The van der Waals surface area contributed by atoms with E-state index in [1.165, 1.54) is 23.1 Å². The minimum Gasteiger partial charge on any atom is -0.483 e. The molecular weight excluding hydrogens is 532 g/mol. The van der Waals surface area contributed by atoms with Crippen LogP contribution < -0.4 is 10.1 Å². The fourth-order valence-electron chi connectivity index (χ4n) is 3.86. The number of nitrogens with one attached hydrogen (secondary N) is 1. The predicted octanol–water partition coefficient (Wildman–Crippen LogP) is 6.55. The molecule has 1 amide bonds. The van der Waals surface area contributed by atoms with Crippen LogP contribution in [0.4, 0.5) is 5.00 Å². The molecule has 4 rings (SSSR count). The summed E-state index contributed by atoms with van der Waals surface area (Å²) in [5.41, 5.74) is 3.10. The molecular formula is C29H30N4O4S2. The van der Waals surface area contributed by atoms with Gasteiger partial charge < -0.3 is 14.8 Å². The van der Waals surface area contributed by atoms with Gasteiger partial charge in [-0.3, -0.25) is 9.36 Å². The molecule has 0 spiro atoms. The Labute approximate surface area is 236 Å². The van der Waals surface area contributed by atoms with E-state index in [2.05, 4.69) is 22.1 Å². The van der Waals surface area contributed by atoms with E-state index in [1.54, 1.807) is 13.0 Å². The highest BCUT2D eigenvalue weighted by Crippen LogP contribution is 2.36. The molecule has 0 aliphatic rings. The summed E-state index contributed by atoms with van der Waals surface area (Å²) >= 11 is 2.54. The number of ether oxygens (including phenoxy) is 2. The van der Waals surface area contributed by atoms with Gasteiger partial charge in [0.15, 0.2) is 17.1 Å². The summed E-state index contributed by atoms with van der Waals surface area (Å²) in [5.74, 6) is 0.694. The SMILES string of the molecule is C=CCn1c(SCC(=O)Nc2scc(-c3ccccc3)c2C(=O)OCC)nnc1C(C)Oc1ccc(C)cc1. The molecule has 2 heterocycles. The number of aryl methyl sites for hydroxylation is 1. The predicted molar refractivity (Wildman–Crippen MR) is 156 cm³/mol. The number of thioether (sulfide) groups is 1. The van der Waals surface area contributed by atoms with E-state index >= 15 is 0 Å². The van der Waals surface area contributed by atoms with Gasteiger partial charge in [-0.2, -0.15) is 0 Å². The Morgan fingerprint density at radius 1 is 1.15 bits per heavy atom. The molecule has 202 valence electrons. The first-order valence-corrected chi connectivity index (χ1v) is 14.3. The summed E-state index contributed by atoms with van der Waals surface area (Å²) in [6.07, 6.45) is 1.39. The third kappa shape index (κ3) is 6.96. The quantitative estimate of drug-likeness (QED) is 0.119. The molecule has 0 aliphatic carbocycles. The third-order valence-corrected chi connectivity index (χ3v) is 7.56. The zero-order chi connectivity index (χ0) is 27.8. The van der Waals surface area contributed by atoms with E-state index in [4.69, 9.17) is 9.47 Å². The highest BCUT2D eigenvalue weighted by atomic mass is 32.2. The van der Waals surface area contributed by atoms with E-state index < -0.39 is 5.97 Å². The van der Waals surface area contributed by atoms with Crippen LogP contribution in [0.3, 0.4) is 0 Å². The maximum absolute atomic E-state index is 13.0. The Hall–Kier alpha value is -3.89. The fourth-order valence-corrected chi connectivity index (χ4v) is 5.59. The van der Waals surface area contributed by atoms with Crippen molar-refractivity contribution in [2.24, 2.45) is 0 Å². The molecule has 8 nitrogen and oxygen atoms in total. The van der Waals surface area contributed by atoms with E-state index in [9.17, 15) is 9.59 Å². The van der Waals surface area contributed by atoms with Gasteiger partial charge in [-0.25, -0.2) is 4.79 Å². The molecule has 0 fully saturated rings. The highest BCUT2D eigenvalue weighted by molar-refractivity contribution is 7.99. The van der Waals surface area contributed by atoms with Crippen LogP contribution in [0.2, 0.25) is 0 Å². The van der Waals surface area contributed by atoms with Crippen molar-refractivity contribution < 1.29 is 19.1 Å². The van der Waals surface area contributed by atoms with Crippen LogP contribution in [0, 0.1) is 6.92 Å². The van der Waals surface area contributed by atoms with Crippen LogP contribution >= 0.6 is 23.1 Å². The average Bonchev–Trinajstić information content (AvgIpc) is 3.54. The summed E-state index contributed by atoms with van der Waals surface area (Å²) in [5, 5.41) is 14.4. The summed E-state index contributed by atoms with van der Waals surface area (Å²) in [7, 11) is 0. The number of carbonyl (C=O) groups excluding carboxylic acids is 2. The molecule has 1 N–H and O–H groups in total. The highest BCUT2D eigenvalue weighted by Gasteiger charge is 2.24. The number of aromatic nitrogens is 3. The summed E-state index contributed by atoms with van der Waals surface area (Å²) in [6.45, 7) is 10.2. The molecule has 0 bridgehead atoms. The number of allylic oxidation sites excluding steroid dienone is 1. The van der Waals surface area contributed by atoms with Gasteiger partial charge in [0.25, 0.3) is 0 Å². The number of thiophene rings is 1. The topological polar surface area (TPSA) is 95.3 Å². The lowest BCUT2D eigenvalue weighted by Gasteiger charge is -2.16. The Bertz CT molecular complexity index is 1430. The minimum absolute atomic E-state index is 0.0727. The van der Waals surface area contributed by atoms with Crippen molar-refractivity contribution >= 4 is 40.0 Å². The van der Waals surface area contributed by atoms with Crippen molar-refractivity contribution in [2.75, 3.05) is 17.7 Å². The zero-order valence-electron chi connectivity index (χ0n) is 22.0. The van der Waals surface area contributed by atoms with Gasteiger partial charge in [0.1, 0.15) is 16.3 Å². The molecule has 2 aromatic carbocycles. The smallest absolute Gasteiger partial charge is 0.341 e. The molecule has 2 aromatic heterocycles. The molecule has 0 saturated carbocycles. The lowest BCUT2D eigenvalue weighted by Crippen LogP contribution is -2.17. The van der Waals surface area contributed by atoms with Crippen LogP contribution in [0.15, 0.2) is 77.8 Å². The number of anilines is 1. The Kier molecular flexibility index (Phi) is 9.56. The number of esters is 1. The van der Waals surface area contributed by atoms with Gasteiger partial charge in [-0.15, -0.1) is 28.1 Å². The third-order valence-electron chi connectivity index (χ3n) is 5.70. The second-order valence-corrected chi connectivity index (χ2v) is 10.4. The Balaban J connectivity index is 1.47. The van der Waals surface area contributed by atoms with Crippen LogP contribution in [0.1, 0.15) is 41.7 Å². The Morgan fingerprint density at radius 3 is 2.59 bits per heavy atom. The number of nitrogens with zero attached hydrogens (tertiary/aromatic N) is 3. The van der Waals surface area contributed by atoms with Gasteiger partial charge in [0, 0.05) is 17.5 Å². The van der Waals surface area contributed by atoms with Crippen molar-refractivity contribution in [2.45, 2.75) is 38.6 Å². The molecule has 1 unspecified atom stereocenters. The van der Waals surface area contributed by atoms with Crippen LogP contribution in [-0.2, 0) is 16.1 Å². The number of carbonyl (C=O) groups is 2. The van der Waals surface area contributed by atoms with Gasteiger partial charge in [-0.1, -0.05) is 65.9 Å². The van der Waals surface area contributed by atoms with Gasteiger partial charge in [0.05, 0.1) is 12.4 Å². The summed E-state index contributed by atoms with van der Waals surface area (Å²) < 4.78 is 13.2. The number of amides is 1. The summed E-state index contributed by atoms with van der Waals surface area (Å²) in [6, 6.07) is 17.3. The first kappa shape index (κ1) is 28.1. The largest absolute Gasteiger partial charge is 0.483 e. The number of benzene rings is 2. The second kappa shape index (κ2) is 13.3. The van der Waals surface area contributed by atoms with E-state index in [1.807, 2.05) is 78.4 Å². The second-order valence-electron chi connectivity index (χ2n) is 8.59.